The maximum Gasteiger partial charge on any atom is 0.269 e. The molecule has 0 aliphatic heterocycles. The van der Waals surface area contributed by atoms with Gasteiger partial charge in [0.2, 0.25) is 3.79 Å². The fourth-order valence-corrected chi connectivity index (χ4v) is 3.21. The van der Waals surface area contributed by atoms with E-state index < -0.39 is 20.8 Å². The van der Waals surface area contributed by atoms with Gasteiger partial charge in [-0.1, -0.05) is 46.9 Å². The fraction of sp³-hybridized carbons (Fsp3) is 0.125. The number of nitrogens with one attached hydrogen (secondary N) is 3. The van der Waals surface area contributed by atoms with Crippen molar-refractivity contribution >= 4 is 92.0 Å². The third kappa shape index (κ3) is 6.59. The number of carbonyl (C=O) groups is 1. The Hall–Kier alpha value is -1.40. The second-order valence-electron chi connectivity index (χ2n) is 5.33. The number of nitro groups is 1. The van der Waals surface area contributed by atoms with Gasteiger partial charge in [-0.05, 0) is 59.1 Å². The van der Waals surface area contributed by atoms with Crippen LogP contribution in [0.2, 0.25) is 0 Å². The fourth-order valence-electron chi connectivity index (χ4n) is 2.02. The van der Waals surface area contributed by atoms with Gasteiger partial charge in [-0.2, -0.15) is 0 Å². The van der Waals surface area contributed by atoms with Gasteiger partial charge >= 0.3 is 0 Å². The number of hydrogen-bond donors (Lipinski definition) is 3. The highest BCUT2D eigenvalue weighted by atomic mass is 127. The van der Waals surface area contributed by atoms with Gasteiger partial charge in [0.1, 0.15) is 6.17 Å². The van der Waals surface area contributed by atoms with Crippen LogP contribution in [-0.4, -0.2) is 25.9 Å². The summed E-state index contributed by atoms with van der Waals surface area (Å²) in [5.41, 5.74) is 0.835. The molecule has 0 aromatic heterocycles. The highest BCUT2D eigenvalue weighted by Crippen LogP contribution is 2.29. The molecule has 2 rings (SSSR count). The minimum atomic E-state index is -1.91. The number of nitrogens with zero attached hydrogens (tertiary/aromatic N) is 1. The quantitative estimate of drug-likeness (QED) is 0.121. The Balaban J connectivity index is 2.07. The van der Waals surface area contributed by atoms with Gasteiger partial charge in [0, 0.05) is 21.4 Å². The van der Waals surface area contributed by atoms with E-state index in [1.165, 1.54) is 24.3 Å². The van der Waals surface area contributed by atoms with Crippen LogP contribution in [0.1, 0.15) is 10.4 Å². The number of halogens is 4. The maximum absolute atomic E-state index is 12.5. The van der Waals surface area contributed by atoms with Gasteiger partial charge in [0.05, 0.1) is 10.5 Å². The van der Waals surface area contributed by atoms with Crippen molar-refractivity contribution < 1.29 is 9.72 Å². The molecule has 28 heavy (non-hydrogen) atoms. The second-order valence-corrected chi connectivity index (χ2v) is 9.27. The lowest BCUT2D eigenvalue weighted by atomic mass is 10.2. The molecule has 1 amide bonds. The van der Waals surface area contributed by atoms with Crippen LogP contribution in [0.15, 0.2) is 48.5 Å². The zero-order valence-electron chi connectivity index (χ0n) is 13.8. The van der Waals surface area contributed by atoms with Crippen LogP contribution in [0.3, 0.4) is 0 Å². The first-order valence-corrected chi connectivity index (χ1v) is 10.1. The molecule has 2 aromatic carbocycles. The molecule has 7 nitrogen and oxygen atoms in total. The first-order chi connectivity index (χ1) is 13.1. The number of benzene rings is 2. The van der Waals surface area contributed by atoms with Crippen molar-refractivity contribution in [3.63, 3.8) is 0 Å². The Morgan fingerprint density at radius 2 is 1.71 bits per heavy atom. The zero-order valence-corrected chi connectivity index (χ0v) is 19.0. The first kappa shape index (κ1) is 22.9. The summed E-state index contributed by atoms with van der Waals surface area (Å²) < 4.78 is -1.18. The molecule has 0 fully saturated rings. The molecular weight excluding hydrogens is 562 g/mol. The Morgan fingerprint density at radius 1 is 1.11 bits per heavy atom. The van der Waals surface area contributed by atoms with Crippen LogP contribution >= 0.6 is 69.6 Å². The molecule has 2 aromatic rings. The topological polar surface area (TPSA) is 96.3 Å². The molecule has 0 saturated carbocycles. The van der Waals surface area contributed by atoms with E-state index in [1.54, 1.807) is 24.3 Å². The molecule has 1 atom stereocenters. The van der Waals surface area contributed by atoms with Crippen LogP contribution in [0.25, 0.3) is 0 Å². The molecule has 0 bridgehead atoms. The largest absolute Gasteiger partial charge is 0.339 e. The molecule has 0 saturated heterocycles. The zero-order chi connectivity index (χ0) is 20.9. The molecule has 0 heterocycles. The molecule has 0 radical (unpaired) electrons. The van der Waals surface area contributed by atoms with Crippen molar-refractivity contribution in [2.45, 2.75) is 9.96 Å². The van der Waals surface area contributed by atoms with Gasteiger partial charge in [0.25, 0.3) is 11.6 Å². The summed E-state index contributed by atoms with van der Waals surface area (Å²) in [6, 6.07) is 12.5. The van der Waals surface area contributed by atoms with Crippen molar-refractivity contribution in [1.82, 2.24) is 10.6 Å². The number of non-ortho nitro benzene ring substituents is 1. The summed E-state index contributed by atoms with van der Waals surface area (Å²) in [6.45, 7) is 0. The number of anilines is 1. The lowest BCUT2D eigenvalue weighted by Crippen LogP contribution is -2.56. The van der Waals surface area contributed by atoms with E-state index in [2.05, 4.69) is 16.0 Å². The van der Waals surface area contributed by atoms with Crippen LogP contribution in [0.5, 0.6) is 0 Å². The highest BCUT2D eigenvalue weighted by Gasteiger charge is 2.35. The SMILES string of the molecule is O=C(NC(NC(=S)Nc1ccc([N+](=O)[O-])cc1)C(Cl)(Cl)Cl)c1ccccc1I. The summed E-state index contributed by atoms with van der Waals surface area (Å²) in [7, 11) is 0. The van der Waals surface area contributed by atoms with Crippen molar-refractivity contribution in [3.8, 4) is 0 Å². The van der Waals surface area contributed by atoms with Crippen molar-refractivity contribution in [2.75, 3.05) is 5.32 Å². The standard InChI is InChI=1S/C16H12Cl3IN4O3S/c17-16(18,19)14(22-13(25)11-3-1-2-4-12(11)20)23-15(28)21-9-5-7-10(8-6-9)24(26)27/h1-8,14H,(H,22,25)(H2,21,23,28). The molecule has 1 unspecified atom stereocenters. The second kappa shape index (κ2) is 9.88. The lowest BCUT2D eigenvalue weighted by molar-refractivity contribution is -0.384. The monoisotopic (exact) mass is 572 g/mol. The maximum atomic E-state index is 12.5. The van der Waals surface area contributed by atoms with Crippen LogP contribution in [-0.2, 0) is 0 Å². The summed E-state index contributed by atoms with van der Waals surface area (Å²) in [5, 5.41) is 18.9. The summed E-state index contributed by atoms with van der Waals surface area (Å²) >= 11 is 25.1. The summed E-state index contributed by atoms with van der Waals surface area (Å²) in [4.78, 5) is 22.7. The van der Waals surface area contributed by atoms with E-state index in [9.17, 15) is 14.9 Å². The number of rotatable bonds is 5. The molecule has 0 aliphatic rings. The smallest absolute Gasteiger partial charge is 0.269 e. The minimum absolute atomic E-state index is 0.0493. The van der Waals surface area contributed by atoms with Gasteiger partial charge in [-0.15, -0.1) is 0 Å². The lowest BCUT2D eigenvalue weighted by Gasteiger charge is -2.28. The van der Waals surface area contributed by atoms with Crippen LogP contribution < -0.4 is 16.0 Å². The first-order valence-electron chi connectivity index (χ1n) is 7.52. The average molecular weight is 574 g/mol. The van der Waals surface area contributed by atoms with Crippen molar-refractivity contribution in [2.24, 2.45) is 0 Å². The van der Waals surface area contributed by atoms with Crippen LogP contribution in [0, 0.1) is 13.7 Å². The number of thiocarbonyl (C=S) groups is 1. The van der Waals surface area contributed by atoms with E-state index in [-0.39, 0.29) is 10.8 Å². The summed E-state index contributed by atoms with van der Waals surface area (Å²) in [5.74, 6) is -0.452. The predicted octanol–water partition coefficient (Wildman–Crippen LogP) is 4.61. The van der Waals surface area contributed by atoms with E-state index in [0.29, 0.717) is 11.3 Å². The van der Waals surface area contributed by atoms with E-state index in [1.807, 2.05) is 22.6 Å². The van der Waals surface area contributed by atoms with E-state index in [4.69, 9.17) is 47.0 Å². The molecule has 12 heteroatoms. The van der Waals surface area contributed by atoms with Crippen LogP contribution in [0.4, 0.5) is 11.4 Å². The van der Waals surface area contributed by atoms with Crippen molar-refractivity contribution in [1.29, 1.82) is 0 Å². The normalized spacial score (nSPS) is 12.0. The third-order valence-electron chi connectivity index (χ3n) is 3.33. The Labute approximate surface area is 194 Å². The molecular formula is C16H12Cl3IN4O3S. The Morgan fingerprint density at radius 3 is 2.25 bits per heavy atom. The molecule has 0 aliphatic carbocycles. The third-order valence-corrected chi connectivity index (χ3v) is 5.15. The Bertz CT molecular complexity index is 893. The number of nitro benzene ring substituents is 1. The van der Waals surface area contributed by atoms with Gasteiger partial charge < -0.3 is 16.0 Å². The number of carbonyl (C=O) groups excluding carboxylic acids is 1. The minimum Gasteiger partial charge on any atom is -0.339 e. The number of hydrogen-bond acceptors (Lipinski definition) is 4. The number of alkyl halides is 3. The highest BCUT2D eigenvalue weighted by molar-refractivity contribution is 14.1. The van der Waals surface area contributed by atoms with Gasteiger partial charge in [-0.25, -0.2) is 0 Å². The molecule has 3 N–H and O–H groups in total. The van der Waals surface area contributed by atoms with E-state index >= 15 is 0 Å². The van der Waals surface area contributed by atoms with Gasteiger partial charge in [-0.3, -0.25) is 14.9 Å². The van der Waals surface area contributed by atoms with E-state index in [0.717, 1.165) is 3.57 Å². The Kier molecular flexibility index (Phi) is 8.07. The van der Waals surface area contributed by atoms with Crippen molar-refractivity contribution in [3.05, 3.63) is 67.8 Å². The molecule has 148 valence electrons. The molecule has 0 spiro atoms. The summed E-state index contributed by atoms with van der Waals surface area (Å²) in [6.07, 6.45) is -1.14. The van der Waals surface area contributed by atoms with Gasteiger partial charge in [0.15, 0.2) is 5.11 Å². The number of amides is 1. The average Bonchev–Trinajstić information content (AvgIpc) is 2.61. The predicted molar refractivity (Wildman–Crippen MR) is 123 cm³/mol.